The van der Waals surface area contributed by atoms with E-state index in [9.17, 15) is 18.0 Å². The van der Waals surface area contributed by atoms with Crippen LogP contribution in [0.15, 0.2) is 48.5 Å². The fraction of sp³-hybridized carbons (Fsp3) is 0.409. The van der Waals surface area contributed by atoms with Crippen LogP contribution < -0.4 is 9.47 Å². The molecule has 1 saturated carbocycles. The molecule has 0 atom stereocenters. The van der Waals surface area contributed by atoms with E-state index in [0.717, 1.165) is 37.5 Å². The highest BCUT2D eigenvalue weighted by molar-refractivity contribution is 5.91. The molecule has 0 aromatic heterocycles. The predicted molar refractivity (Wildman–Crippen MR) is 99.6 cm³/mol. The molecule has 0 heterocycles. The van der Waals surface area contributed by atoms with Gasteiger partial charge in [0, 0.05) is 0 Å². The first-order chi connectivity index (χ1) is 13.3. The van der Waals surface area contributed by atoms with Crippen LogP contribution >= 0.6 is 0 Å². The Morgan fingerprint density at radius 2 is 1.71 bits per heavy atom. The van der Waals surface area contributed by atoms with Gasteiger partial charge in [-0.1, -0.05) is 31.5 Å². The van der Waals surface area contributed by atoms with E-state index in [1.165, 1.54) is 0 Å². The van der Waals surface area contributed by atoms with Crippen LogP contribution in [0.3, 0.4) is 0 Å². The van der Waals surface area contributed by atoms with Crippen molar-refractivity contribution in [1.29, 1.82) is 0 Å². The second-order valence-electron chi connectivity index (χ2n) is 7.11. The third-order valence-corrected chi connectivity index (χ3v) is 5.21. The maximum absolute atomic E-state index is 13.5. The van der Waals surface area contributed by atoms with Crippen LogP contribution in [0.4, 0.5) is 13.2 Å². The summed E-state index contributed by atoms with van der Waals surface area (Å²) in [6.45, 7) is 1.92. The summed E-state index contributed by atoms with van der Waals surface area (Å²) in [4.78, 5) is 12.4. The molecule has 3 nitrogen and oxygen atoms in total. The Morgan fingerprint density at radius 1 is 1.04 bits per heavy atom. The number of rotatable bonds is 5. The van der Waals surface area contributed by atoms with Crippen LogP contribution in [0.25, 0.3) is 0 Å². The minimum Gasteiger partial charge on any atom is -0.487 e. The van der Waals surface area contributed by atoms with Crippen molar-refractivity contribution in [1.82, 2.24) is 0 Å². The van der Waals surface area contributed by atoms with Crippen LogP contribution in [-0.4, -0.2) is 11.6 Å². The maximum Gasteiger partial charge on any atom is 0.419 e. The third kappa shape index (κ3) is 4.66. The normalized spacial score (nSPS) is 16.4. The Kier molecular flexibility index (Phi) is 5.96. The summed E-state index contributed by atoms with van der Waals surface area (Å²) in [5, 5.41) is 0. The summed E-state index contributed by atoms with van der Waals surface area (Å²) in [7, 11) is 0. The second-order valence-corrected chi connectivity index (χ2v) is 7.11. The molecule has 3 rings (SSSR count). The van der Waals surface area contributed by atoms with Crippen LogP contribution in [-0.2, 0) is 6.18 Å². The Bertz CT molecular complexity index is 810. The van der Waals surface area contributed by atoms with Gasteiger partial charge in [0.05, 0.1) is 11.1 Å². The smallest absolute Gasteiger partial charge is 0.419 e. The lowest BCUT2D eigenvalue weighted by molar-refractivity contribution is -0.140. The standard InChI is InChI=1S/C22H23F3O3/c1-2-21(13-7-4-8-14-21)28-19-15-16(11-12-18(19)22(23,24)25)20(26)27-17-9-5-3-6-10-17/h3,5-6,9-12,15H,2,4,7-8,13-14H2,1H3. The first-order valence-corrected chi connectivity index (χ1v) is 9.50. The van der Waals surface area contributed by atoms with Crippen LogP contribution in [0.5, 0.6) is 11.5 Å². The Morgan fingerprint density at radius 3 is 2.32 bits per heavy atom. The molecule has 0 saturated heterocycles. The van der Waals surface area contributed by atoms with Crippen molar-refractivity contribution in [2.45, 2.75) is 57.2 Å². The zero-order valence-electron chi connectivity index (χ0n) is 15.7. The minimum atomic E-state index is -4.57. The molecular weight excluding hydrogens is 369 g/mol. The van der Waals surface area contributed by atoms with Crippen molar-refractivity contribution in [3.63, 3.8) is 0 Å². The number of alkyl halides is 3. The van der Waals surface area contributed by atoms with E-state index in [-0.39, 0.29) is 11.3 Å². The molecule has 2 aromatic rings. The van der Waals surface area contributed by atoms with Crippen molar-refractivity contribution in [2.24, 2.45) is 0 Å². The van der Waals surface area contributed by atoms with E-state index in [1.54, 1.807) is 30.3 Å². The Labute approximate surface area is 162 Å². The average Bonchev–Trinajstić information content (AvgIpc) is 2.68. The summed E-state index contributed by atoms with van der Waals surface area (Å²) < 4.78 is 51.8. The van der Waals surface area contributed by atoms with Gasteiger partial charge in [0.15, 0.2) is 0 Å². The molecule has 0 spiro atoms. The Hall–Kier alpha value is -2.50. The van der Waals surface area contributed by atoms with Crippen molar-refractivity contribution >= 4 is 5.97 Å². The predicted octanol–water partition coefficient (Wildman–Crippen LogP) is 6.42. The molecular formula is C22H23F3O3. The maximum atomic E-state index is 13.5. The molecule has 6 heteroatoms. The van der Waals surface area contributed by atoms with Crippen molar-refractivity contribution in [3.8, 4) is 11.5 Å². The molecule has 0 aliphatic heterocycles. The average molecular weight is 392 g/mol. The molecule has 1 aliphatic rings. The first-order valence-electron chi connectivity index (χ1n) is 9.50. The lowest BCUT2D eigenvalue weighted by Gasteiger charge is -2.37. The zero-order valence-corrected chi connectivity index (χ0v) is 15.7. The Balaban J connectivity index is 1.92. The number of para-hydroxylation sites is 1. The second kappa shape index (κ2) is 8.25. The molecule has 1 aliphatic carbocycles. The topological polar surface area (TPSA) is 35.5 Å². The summed E-state index contributed by atoms with van der Waals surface area (Å²) >= 11 is 0. The zero-order chi connectivity index (χ0) is 20.2. The molecule has 0 unspecified atom stereocenters. The summed E-state index contributed by atoms with van der Waals surface area (Å²) in [6, 6.07) is 11.6. The molecule has 28 heavy (non-hydrogen) atoms. The van der Waals surface area contributed by atoms with Crippen molar-refractivity contribution in [2.75, 3.05) is 0 Å². The van der Waals surface area contributed by atoms with Crippen LogP contribution in [0.1, 0.15) is 61.4 Å². The highest BCUT2D eigenvalue weighted by Gasteiger charge is 2.39. The lowest BCUT2D eigenvalue weighted by atomic mass is 9.82. The molecule has 0 bridgehead atoms. The summed E-state index contributed by atoms with van der Waals surface area (Å²) in [5.74, 6) is -0.704. The summed E-state index contributed by atoms with van der Waals surface area (Å²) in [5.41, 5.74) is -1.48. The SMILES string of the molecule is CCC1(Oc2cc(C(=O)Oc3ccccc3)ccc2C(F)(F)F)CCCCC1. The highest BCUT2D eigenvalue weighted by Crippen LogP contribution is 2.42. The fourth-order valence-electron chi connectivity index (χ4n) is 3.58. The van der Waals surface area contributed by atoms with Gasteiger partial charge in [0.2, 0.25) is 0 Å². The van der Waals surface area contributed by atoms with Crippen LogP contribution in [0, 0.1) is 0 Å². The van der Waals surface area contributed by atoms with Gasteiger partial charge in [0.1, 0.15) is 17.1 Å². The molecule has 0 N–H and O–H groups in total. The van der Waals surface area contributed by atoms with E-state index in [1.807, 2.05) is 6.92 Å². The van der Waals surface area contributed by atoms with Gasteiger partial charge in [-0.05, 0) is 62.4 Å². The molecule has 150 valence electrons. The van der Waals surface area contributed by atoms with E-state index in [0.29, 0.717) is 25.0 Å². The number of carbonyl (C=O) groups is 1. The summed E-state index contributed by atoms with van der Waals surface area (Å²) in [6.07, 6.45) is 0.360. The minimum absolute atomic E-state index is 0.0221. The van der Waals surface area contributed by atoms with E-state index in [2.05, 4.69) is 0 Å². The molecule has 1 fully saturated rings. The molecule has 2 aromatic carbocycles. The van der Waals surface area contributed by atoms with Gasteiger partial charge in [-0.2, -0.15) is 13.2 Å². The lowest BCUT2D eigenvalue weighted by Crippen LogP contribution is -2.38. The van der Waals surface area contributed by atoms with Crippen molar-refractivity contribution in [3.05, 3.63) is 59.7 Å². The van der Waals surface area contributed by atoms with E-state index < -0.39 is 23.3 Å². The van der Waals surface area contributed by atoms with E-state index >= 15 is 0 Å². The number of hydrogen-bond donors (Lipinski definition) is 0. The van der Waals surface area contributed by atoms with Gasteiger partial charge >= 0.3 is 12.1 Å². The molecule has 0 amide bonds. The quantitative estimate of drug-likeness (QED) is 0.435. The largest absolute Gasteiger partial charge is 0.487 e. The first kappa shape index (κ1) is 20.2. The van der Waals surface area contributed by atoms with Gasteiger partial charge < -0.3 is 9.47 Å². The highest BCUT2D eigenvalue weighted by atomic mass is 19.4. The molecule has 0 radical (unpaired) electrons. The number of carbonyl (C=O) groups excluding carboxylic acids is 1. The van der Waals surface area contributed by atoms with E-state index in [4.69, 9.17) is 9.47 Å². The monoisotopic (exact) mass is 392 g/mol. The van der Waals surface area contributed by atoms with Gasteiger partial charge in [-0.15, -0.1) is 0 Å². The fourth-order valence-corrected chi connectivity index (χ4v) is 3.58. The number of ether oxygens (including phenoxy) is 2. The third-order valence-electron chi connectivity index (χ3n) is 5.21. The number of hydrogen-bond acceptors (Lipinski definition) is 3. The number of esters is 1. The van der Waals surface area contributed by atoms with Gasteiger partial charge in [-0.25, -0.2) is 4.79 Å². The van der Waals surface area contributed by atoms with Gasteiger partial charge in [0.25, 0.3) is 0 Å². The van der Waals surface area contributed by atoms with Crippen molar-refractivity contribution < 1.29 is 27.4 Å². The number of benzene rings is 2. The van der Waals surface area contributed by atoms with Crippen LogP contribution in [0.2, 0.25) is 0 Å². The van der Waals surface area contributed by atoms with Gasteiger partial charge in [-0.3, -0.25) is 0 Å². The number of halogens is 3.